The first-order valence-electron chi connectivity index (χ1n) is 6.96. The van der Waals surface area contributed by atoms with E-state index < -0.39 is 5.54 Å². The fraction of sp³-hybridized carbons (Fsp3) is 0.500. The second-order valence-electron chi connectivity index (χ2n) is 5.79. The van der Waals surface area contributed by atoms with Crippen molar-refractivity contribution < 1.29 is 4.79 Å². The minimum absolute atomic E-state index is 0.207. The number of hydrogen-bond acceptors (Lipinski definition) is 2. The molecule has 0 radical (unpaired) electrons. The lowest BCUT2D eigenvalue weighted by molar-refractivity contribution is 0.0893. The molecule has 20 heavy (non-hydrogen) atoms. The third-order valence-electron chi connectivity index (χ3n) is 4.14. The van der Waals surface area contributed by atoms with Gasteiger partial charge in [-0.2, -0.15) is 5.26 Å². The van der Waals surface area contributed by atoms with Crippen LogP contribution in [0.2, 0.25) is 5.02 Å². The van der Waals surface area contributed by atoms with Crippen LogP contribution < -0.4 is 5.32 Å². The summed E-state index contributed by atoms with van der Waals surface area (Å²) < 4.78 is 0. The maximum absolute atomic E-state index is 12.4. The molecule has 1 aliphatic rings. The monoisotopic (exact) mass is 290 g/mol. The summed E-state index contributed by atoms with van der Waals surface area (Å²) in [5.74, 6) is 0.419. The number of hydrogen-bond donors (Lipinski definition) is 1. The van der Waals surface area contributed by atoms with Gasteiger partial charge >= 0.3 is 0 Å². The van der Waals surface area contributed by atoms with Crippen LogP contribution in [-0.2, 0) is 0 Å². The Morgan fingerprint density at radius 3 is 2.70 bits per heavy atom. The number of nitriles is 1. The molecule has 1 aromatic carbocycles. The van der Waals surface area contributed by atoms with Crippen LogP contribution in [0.1, 0.15) is 48.5 Å². The van der Waals surface area contributed by atoms with Crippen molar-refractivity contribution >= 4 is 17.5 Å². The van der Waals surface area contributed by atoms with E-state index >= 15 is 0 Å². The highest BCUT2D eigenvalue weighted by Crippen LogP contribution is 2.32. The van der Waals surface area contributed by atoms with Gasteiger partial charge < -0.3 is 5.32 Å². The smallest absolute Gasteiger partial charge is 0.252 e. The van der Waals surface area contributed by atoms with Crippen molar-refractivity contribution in [2.75, 3.05) is 0 Å². The SMILES string of the molecule is Cc1ccc(Cl)cc1C(=O)NC1(C#N)CCC(C)CC1. The predicted molar refractivity (Wildman–Crippen MR) is 79.6 cm³/mol. The Morgan fingerprint density at radius 1 is 1.45 bits per heavy atom. The summed E-state index contributed by atoms with van der Waals surface area (Å²) >= 11 is 5.95. The Labute approximate surface area is 124 Å². The van der Waals surface area contributed by atoms with E-state index in [-0.39, 0.29) is 5.91 Å². The minimum atomic E-state index is -0.724. The van der Waals surface area contributed by atoms with E-state index in [4.69, 9.17) is 11.6 Å². The molecule has 1 fully saturated rings. The topological polar surface area (TPSA) is 52.9 Å². The molecule has 0 aromatic heterocycles. The zero-order chi connectivity index (χ0) is 14.8. The van der Waals surface area contributed by atoms with Crippen LogP contribution in [0, 0.1) is 24.2 Å². The molecule has 4 heteroatoms. The summed E-state index contributed by atoms with van der Waals surface area (Å²) in [6, 6.07) is 7.54. The Balaban J connectivity index is 2.18. The maximum atomic E-state index is 12.4. The number of nitrogens with zero attached hydrogens (tertiary/aromatic N) is 1. The molecule has 1 saturated carbocycles. The lowest BCUT2D eigenvalue weighted by atomic mass is 9.78. The van der Waals surface area contributed by atoms with Crippen LogP contribution in [0.3, 0.4) is 0 Å². The lowest BCUT2D eigenvalue weighted by Gasteiger charge is -2.34. The molecule has 2 rings (SSSR count). The highest BCUT2D eigenvalue weighted by molar-refractivity contribution is 6.31. The van der Waals surface area contributed by atoms with Crippen LogP contribution in [0.5, 0.6) is 0 Å². The molecule has 0 heterocycles. The van der Waals surface area contributed by atoms with Gasteiger partial charge in [-0.3, -0.25) is 4.79 Å². The highest BCUT2D eigenvalue weighted by Gasteiger charge is 2.36. The van der Waals surface area contributed by atoms with Crippen LogP contribution in [0.15, 0.2) is 18.2 Å². The predicted octanol–water partition coefficient (Wildman–Crippen LogP) is 3.85. The maximum Gasteiger partial charge on any atom is 0.252 e. The Bertz CT molecular complexity index is 554. The van der Waals surface area contributed by atoms with Gasteiger partial charge in [-0.15, -0.1) is 0 Å². The van der Waals surface area contributed by atoms with Crippen molar-refractivity contribution in [2.24, 2.45) is 5.92 Å². The zero-order valence-electron chi connectivity index (χ0n) is 11.9. The van der Waals surface area contributed by atoms with Crippen molar-refractivity contribution in [3.8, 4) is 6.07 Å². The molecule has 1 N–H and O–H groups in total. The van der Waals surface area contributed by atoms with E-state index in [0.717, 1.165) is 31.2 Å². The average molecular weight is 291 g/mol. The van der Waals surface area contributed by atoms with Crippen molar-refractivity contribution in [2.45, 2.75) is 45.1 Å². The normalized spacial score (nSPS) is 25.8. The number of aryl methyl sites for hydroxylation is 1. The molecule has 106 valence electrons. The Morgan fingerprint density at radius 2 is 2.10 bits per heavy atom. The van der Waals surface area contributed by atoms with Crippen molar-refractivity contribution in [3.63, 3.8) is 0 Å². The summed E-state index contributed by atoms with van der Waals surface area (Å²) in [7, 11) is 0. The van der Waals surface area contributed by atoms with E-state index in [1.165, 1.54) is 0 Å². The van der Waals surface area contributed by atoms with E-state index in [1.807, 2.05) is 13.0 Å². The minimum Gasteiger partial charge on any atom is -0.334 e. The number of benzene rings is 1. The molecule has 1 amide bonds. The molecule has 0 atom stereocenters. The van der Waals surface area contributed by atoms with Gasteiger partial charge in [0.2, 0.25) is 0 Å². The number of halogens is 1. The van der Waals surface area contributed by atoms with Crippen LogP contribution in [0.25, 0.3) is 0 Å². The van der Waals surface area contributed by atoms with E-state index in [0.29, 0.717) is 16.5 Å². The van der Waals surface area contributed by atoms with Gasteiger partial charge in [0.15, 0.2) is 0 Å². The van der Waals surface area contributed by atoms with Crippen LogP contribution >= 0.6 is 11.6 Å². The summed E-state index contributed by atoms with van der Waals surface area (Å²) in [5.41, 5.74) is 0.688. The van der Waals surface area contributed by atoms with Crippen molar-refractivity contribution in [1.29, 1.82) is 5.26 Å². The third-order valence-corrected chi connectivity index (χ3v) is 4.37. The number of carbonyl (C=O) groups is 1. The van der Waals surface area contributed by atoms with Gasteiger partial charge in [0.05, 0.1) is 6.07 Å². The molecule has 0 saturated heterocycles. The Hall–Kier alpha value is -1.53. The number of carbonyl (C=O) groups excluding carboxylic acids is 1. The quantitative estimate of drug-likeness (QED) is 0.899. The average Bonchev–Trinajstić information content (AvgIpc) is 2.44. The number of amides is 1. The van der Waals surface area contributed by atoms with Crippen LogP contribution in [0.4, 0.5) is 0 Å². The second kappa shape index (κ2) is 5.85. The number of rotatable bonds is 2. The van der Waals surface area contributed by atoms with Gasteiger partial charge in [0.25, 0.3) is 5.91 Å². The first kappa shape index (κ1) is 14.9. The van der Waals surface area contributed by atoms with Gasteiger partial charge in [-0.25, -0.2) is 0 Å². The van der Waals surface area contributed by atoms with Crippen LogP contribution in [-0.4, -0.2) is 11.4 Å². The highest BCUT2D eigenvalue weighted by atomic mass is 35.5. The largest absolute Gasteiger partial charge is 0.334 e. The van der Waals surface area contributed by atoms with Gasteiger partial charge in [0, 0.05) is 10.6 Å². The molecule has 0 unspecified atom stereocenters. The van der Waals surface area contributed by atoms with E-state index in [2.05, 4.69) is 18.3 Å². The molecular formula is C16H19ClN2O. The molecular weight excluding hydrogens is 272 g/mol. The van der Waals surface area contributed by atoms with E-state index in [9.17, 15) is 10.1 Å². The summed E-state index contributed by atoms with van der Waals surface area (Å²) in [5, 5.41) is 12.9. The zero-order valence-corrected chi connectivity index (χ0v) is 12.6. The first-order chi connectivity index (χ1) is 9.46. The number of nitrogens with one attached hydrogen (secondary N) is 1. The first-order valence-corrected chi connectivity index (χ1v) is 7.33. The molecule has 3 nitrogen and oxygen atoms in total. The van der Waals surface area contributed by atoms with Gasteiger partial charge in [-0.05, 0) is 56.2 Å². The van der Waals surface area contributed by atoms with Crippen molar-refractivity contribution in [1.82, 2.24) is 5.32 Å². The summed E-state index contributed by atoms with van der Waals surface area (Å²) in [6.07, 6.45) is 3.39. The molecule has 1 aromatic rings. The third kappa shape index (κ3) is 3.13. The van der Waals surface area contributed by atoms with Gasteiger partial charge in [0.1, 0.15) is 5.54 Å². The van der Waals surface area contributed by atoms with Crippen molar-refractivity contribution in [3.05, 3.63) is 34.3 Å². The van der Waals surface area contributed by atoms with Gasteiger partial charge in [-0.1, -0.05) is 24.6 Å². The molecule has 1 aliphatic carbocycles. The molecule has 0 spiro atoms. The molecule has 0 aliphatic heterocycles. The lowest BCUT2D eigenvalue weighted by Crippen LogP contribution is -2.49. The standard InChI is InChI=1S/C16H19ClN2O/c1-11-5-7-16(10-18,8-6-11)19-15(20)14-9-13(17)4-3-12(14)2/h3-4,9,11H,5-8H2,1-2H3,(H,19,20). The molecule has 0 bridgehead atoms. The fourth-order valence-electron chi connectivity index (χ4n) is 2.64. The summed E-state index contributed by atoms with van der Waals surface area (Å²) in [4.78, 5) is 12.4. The summed E-state index contributed by atoms with van der Waals surface area (Å²) in [6.45, 7) is 4.05. The Kier molecular flexibility index (Phi) is 4.35. The van der Waals surface area contributed by atoms with E-state index in [1.54, 1.807) is 12.1 Å². The fourth-order valence-corrected chi connectivity index (χ4v) is 2.82. The second-order valence-corrected chi connectivity index (χ2v) is 6.23.